The minimum absolute atomic E-state index is 0.292. The lowest BCUT2D eigenvalue weighted by Crippen LogP contribution is -2.11. The second-order valence-electron chi connectivity index (χ2n) is 3.72. The van der Waals surface area contributed by atoms with Crippen LogP contribution in [0.4, 0.5) is 0 Å². The molecular formula is C12H15N3. The van der Waals surface area contributed by atoms with Crippen molar-refractivity contribution >= 4 is 11.7 Å². The van der Waals surface area contributed by atoms with Gasteiger partial charge < -0.3 is 5.73 Å². The van der Waals surface area contributed by atoms with E-state index in [1.54, 1.807) is 0 Å². The van der Waals surface area contributed by atoms with Crippen LogP contribution in [-0.2, 0) is 12.8 Å². The molecule has 0 aliphatic carbocycles. The Balaban J connectivity index is 2.63. The number of nitrogens with zero attached hydrogens (tertiary/aromatic N) is 1. The molecule has 1 aromatic rings. The molecular weight excluding hydrogens is 186 g/mol. The molecule has 0 spiro atoms. The third kappa shape index (κ3) is 1.44. The molecule has 3 N–H and O–H groups in total. The first-order valence-electron chi connectivity index (χ1n) is 5.26. The van der Waals surface area contributed by atoms with Crippen LogP contribution in [0.1, 0.15) is 36.1 Å². The average molecular weight is 201 g/mol. The Morgan fingerprint density at radius 3 is 2.20 bits per heavy atom. The zero-order valence-electron chi connectivity index (χ0n) is 9.09. The summed E-state index contributed by atoms with van der Waals surface area (Å²) in [6, 6.07) is 4.13. The third-order valence-electron chi connectivity index (χ3n) is 2.86. The van der Waals surface area contributed by atoms with Crippen LogP contribution in [0.25, 0.3) is 0 Å². The van der Waals surface area contributed by atoms with Crippen LogP contribution >= 0.6 is 0 Å². The van der Waals surface area contributed by atoms with Gasteiger partial charge in [-0.25, -0.2) is 4.99 Å². The summed E-state index contributed by atoms with van der Waals surface area (Å²) in [5, 5.41) is 7.69. The number of hydrogen-bond donors (Lipinski definition) is 2. The van der Waals surface area contributed by atoms with Gasteiger partial charge in [0.1, 0.15) is 5.84 Å². The van der Waals surface area contributed by atoms with Crippen molar-refractivity contribution in [2.24, 2.45) is 10.7 Å². The second-order valence-corrected chi connectivity index (χ2v) is 3.72. The highest BCUT2D eigenvalue weighted by Gasteiger charge is 2.19. The maximum Gasteiger partial charge on any atom is 0.154 e. The monoisotopic (exact) mass is 201 g/mol. The maximum atomic E-state index is 7.69. The van der Waals surface area contributed by atoms with Gasteiger partial charge in [0, 0.05) is 11.1 Å². The fourth-order valence-corrected chi connectivity index (χ4v) is 2.00. The normalized spacial score (nSPS) is 14.0. The lowest BCUT2D eigenvalue weighted by Gasteiger charge is -2.09. The lowest BCUT2D eigenvalue weighted by atomic mass is 9.96. The van der Waals surface area contributed by atoms with E-state index in [0.717, 1.165) is 24.0 Å². The Hall–Kier alpha value is -1.64. The van der Waals surface area contributed by atoms with Crippen molar-refractivity contribution in [3.8, 4) is 0 Å². The average Bonchev–Trinajstić information content (AvgIpc) is 2.52. The molecule has 0 atom stereocenters. The first-order valence-corrected chi connectivity index (χ1v) is 5.26. The van der Waals surface area contributed by atoms with E-state index in [-0.39, 0.29) is 0 Å². The molecule has 0 amide bonds. The Kier molecular flexibility index (Phi) is 2.31. The van der Waals surface area contributed by atoms with E-state index in [0.29, 0.717) is 11.7 Å². The third-order valence-corrected chi connectivity index (χ3v) is 2.86. The number of rotatable bonds is 2. The molecule has 0 saturated carbocycles. The number of fused-ring (bicyclic) bond motifs is 1. The molecule has 0 fully saturated rings. The fraction of sp³-hybridized carbons (Fsp3) is 0.333. The summed E-state index contributed by atoms with van der Waals surface area (Å²) >= 11 is 0. The molecule has 2 rings (SSSR count). The first-order chi connectivity index (χ1) is 7.17. The van der Waals surface area contributed by atoms with Crippen molar-refractivity contribution in [2.75, 3.05) is 0 Å². The molecule has 0 unspecified atom stereocenters. The van der Waals surface area contributed by atoms with Crippen LogP contribution in [0.15, 0.2) is 17.1 Å². The zero-order valence-corrected chi connectivity index (χ0v) is 9.09. The van der Waals surface area contributed by atoms with Crippen molar-refractivity contribution in [3.63, 3.8) is 0 Å². The minimum atomic E-state index is 0.292. The molecule has 0 radical (unpaired) electrons. The maximum absolute atomic E-state index is 7.69. The van der Waals surface area contributed by atoms with Crippen molar-refractivity contribution < 1.29 is 0 Å². The fourth-order valence-electron chi connectivity index (χ4n) is 2.00. The summed E-state index contributed by atoms with van der Waals surface area (Å²) in [6.45, 7) is 4.26. The number of aryl methyl sites for hydroxylation is 2. The molecule has 3 nitrogen and oxygen atoms in total. The predicted molar refractivity (Wildman–Crippen MR) is 62.8 cm³/mol. The van der Waals surface area contributed by atoms with E-state index < -0.39 is 0 Å². The molecule has 1 aromatic carbocycles. The molecule has 1 heterocycles. The van der Waals surface area contributed by atoms with Gasteiger partial charge in [0.05, 0.1) is 0 Å². The van der Waals surface area contributed by atoms with E-state index in [1.165, 1.54) is 11.1 Å². The zero-order chi connectivity index (χ0) is 11.0. The van der Waals surface area contributed by atoms with E-state index in [9.17, 15) is 0 Å². The van der Waals surface area contributed by atoms with Gasteiger partial charge in [-0.05, 0) is 36.1 Å². The van der Waals surface area contributed by atoms with Crippen LogP contribution in [0.5, 0.6) is 0 Å². The number of amidine groups is 2. The van der Waals surface area contributed by atoms with Gasteiger partial charge in [0.15, 0.2) is 5.84 Å². The van der Waals surface area contributed by atoms with Crippen molar-refractivity contribution in [3.05, 3.63) is 34.4 Å². The SMILES string of the molecule is CCc1cc2c(cc1CC)C(N)=NC2=N. The minimum Gasteiger partial charge on any atom is -0.383 e. The smallest absolute Gasteiger partial charge is 0.154 e. The molecule has 3 heteroatoms. The van der Waals surface area contributed by atoms with Crippen LogP contribution in [0, 0.1) is 5.41 Å². The Bertz CT molecular complexity index is 458. The largest absolute Gasteiger partial charge is 0.383 e. The Labute approximate surface area is 89.5 Å². The van der Waals surface area contributed by atoms with E-state index >= 15 is 0 Å². The van der Waals surface area contributed by atoms with E-state index in [1.807, 2.05) is 0 Å². The summed E-state index contributed by atoms with van der Waals surface area (Å²) in [5.74, 6) is 0.771. The highest BCUT2D eigenvalue weighted by molar-refractivity contribution is 6.21. The highest BCUT2D eigenvalue weighted by atomic mass is 14.9. The number of benzene rings is 1. The van der Waals surface area contributed by atoms with Crippen molar-refractivity contribution in [1.82, 2.24) is 0 Å². The highest BCUT2D eigenvalue weighted by Crippen LogP contribution is 2.23. The Morgan fingerprint density at radius 2 is 1.67 bits per heavy atom. The van der Waals surface area contributed by atoms with Gasteiger partial charge in [-0.3, -0.25) is 5.41 Å². The number of nitrogens with one attached hydrogen (secondary N) is 1. The summed E-state index contributed by atoms with van der Waals surface area (Å²) in [4.78, 5) is 3.99. The van der Waals surface area contributed by atoms with Crippen molar-refractivity contribution in [1.29, 1.82) is 5.41 Å². The molecule has 1 aliphatic rings. The predicted octanol–water partition coefficient (Wildman–Crippen LogP) is 1.86. The van der Waals surface area contributed by atoms with Gasteiger partial charge in [-0.15, -0.1) is 0 Å². The van der Waals surface area contributed by atoms with Crippen LogP contribution in [-0.4, -0.2) is 11.7 Å². The van der Waals surface area contributed by atoms with Crippen molar-refractivity contribution in [2.45, 2.75) is 26.7 Å². The second kappa shape index (κ2) is 3.50. The van der Waals surface area contributed by atoms with E-state index in [2.05, 4.69) is 31.0 Å². The van der Waals surface area contributed by atoms with Gasteiger partial charge in [-0.2, -0.15) is 0 Å². The summed E-state index contributed by atoms with van der Waals surface area (Å²) in [5.41, 5.74) is 10.2. The van der Waals surface area contributed by atoms with Gasteiger partial charge in [0.2, 0.25) is 0 Å². The van der Waals surface area contributed by atoms with Crippen LogP contribution in [0.3, 0.4) is 0 Å². The lowest BCUT2D eigenvalue weighted by molar-refractivity contribution is 1.03. The number of nitrogens with two attached hydrogens (primary N) is 1. The molecule has 0 bridgehead atoms. The Morgan fingerprint density at radius 1 is 1.13 bits per heavy atom. The topological polar surface area (TPSA) is 62.2 Å². The molecule has 78 valence electrons. The summed E-state index contributed by atoms with van der Waals surface area (Å²) < 4.78 is 0. The van der Waals surface area contributed by atoms with Crippen LogP contribution in [0.2, 0.25) is 0 Å². The standard InChI is InChI=1S/C12H15N3/c1-3-7-5-9-10(6-8(7)4-2)12(14)15-11(9)13/h5-6H,3-4H2,1-2H3,(H3,13,14,15). The first kappa shape index (κ1) is 9.90. The quantitative estimate of drug-likeness (QED) is 0.753. The van der Waals surface area contributed by atoms with Gasteiger partial charge in [0.25, 0.3) is 0 Å². The van der Waals surface area contributed by atoms with Crippen LogP contribution < -0.4 is 5.73 Å². The summed E-state index contributed by atoms with van der Waals surface area (Å²) in [7, 11) is 0. The molecule has 0 saturated heterocycles. The summed E-state index contributed by atoms with van der Waals surface area (Å²) in [6.07, 6.45) is 1.99. The molecule has 1 aliphatic heterocycles. The number of hydrogen-bond acceptors (Lipinski definition) is 2. The van der Waals surface area contributed by atoms with Gasteiger partial charge >= 0.3 is 0 Å². The molecule has 0 aromatic heterocycles. The molecule has 15 heavy (non-hydrogen) atoms. The van der Waals surface area contributed by atoms with Gasteiger partial charge in [-0.1, -0.05) is 13.8 Å². The number of aliphatic imine (C=N–C) groups is 1. The van der Waals surface area contributed by atoms with E-state index in [4.69, 9.17) is 11.1 Å².